The zero-order chi connectivity index (χ0) is 13.1. The van der Waals surface area contributed by atoms with Crippen LogP contribution in [0.25, 0.3) is 0 Å². The van der Waals surface area contributed by atoms with Gasteiger partial charge in [-0.1, -0.05) is 0 Å². The van der Waals surface area contributed by atoms with E-state index in [9.17, 15) is 0 Å². The minimum Gasteiger partial charge on any atom is -0.359 e. The van der Waals surface area contributed by atoms with Crippen molar-refractivity contribution in [1.82, 2.24) is 14.9 Å². The topological polar surface area (TPSA) is 70.3 Å². The number of likely N-dealkylation sites (tertiary alicyclic amines) is 1. The first-order valence-corrected chi connectivity index (χ1v) is 6.30. The monoisotopic (exact) mass is 250 g/mol. The zero-order valence-corrected chi connectivity index (χ0v) is 11.3. The lowest BCUT2D eigenvalue weighted by Gasteiger charge is -2.22. The van der Waals surface area contributed by atoms with Gasteiger partial charge in [0, 0.05) is 31.9 Å². The normalized spacial score (nSPS) is 20.1. The number of hydrazine groups is 1. The van der Waals surface area contributed by atoms with Crippen LogP contribution >= 0.6 is 0 Å². The van der Waals surface area contributed by atoms with Crippen LogP contribution in [0.3, 0.4) is 0 Å². The fourth-order valence-corrected chi connectivity index (χ4v) is 2.47. The van der Waals surface area contributed by atoms with E-state index < -0.39 is 0 Å². The Morgan fingerprint density at radius 1 is 1.56 bits per heavy atom. The van der Waals surface area contributed by atoms with Crippen molar-refractivity contribution < 1.29 is 0 Å². The van der Waals surface area contributed by atoms with Crippen molar-refractivity contribution >= 4 is 11.8 Å². The maximum absolute atomic E-state index is 5.37. The predicted molar refractivity (Wildman–Crippen MR) is 73.5 cm³/mol. The average molecular weight is 250 g/mol. The molecule has 1 aromatic rings. The number of nitrogen functional groups attached to an aromatic ring is 1. The quantitative estimate of drug-likeness (QED) is 0.597. The summed E-state index contributed by atoms with van der Waals surface area (Å²) >= 11 is 0. The maximum atomic E-state index is 5.37. The largest absolute Gasteiger partial charge is 0.359 e. The highest BCUT2D eigenvalue weighted by atomic mass is 15.3. The number of anilines is 2. The molecule has 1 saturated heterocycles. The van der Waals surface area contributed by atoms with Crippen molar-refractivity contribution in [3.05, 3.63) is 11.8 Å². The van der Waals surface area contributed by atoms with E-state index in [1.54, 1.807) is 0 Å². The third-order valence-electron chi connectivity index (χ3n) is 3.38. The van der Waals surface area contributed by atoms with Crippen LogP contribution in [0, 0.1) is 12.8 Å². The molecular formula is C12H22N6. The van der Waals surface area contributed by atoms with Crippen molar-refractivity contribution in [1.29, 1.82) is 0 Å². The van der Waals surface area contributed by atoms with Gasteiger partial charge in [0.05, 0.1) is 0 Å². The first kappa shape index (κ1) is 13.0. The van der Waals surface area contributed by atoms with Gasteiger partial charge in [-0.25, -0.2) is 10.8 Å². The van der Waals surface area contributed by atoms with Gasteiger partial charge in [-0.3, -0.25) is 5.43 Å². The smallest absolute Gasteiger partial charge is 0.239 e. The highest BCUT2D eigenvalue weighted by molar-refractivity contribution is 5.43. The SMILES string of the molecule is Cc1cc(N(C)CC2CCN(C)C2)nc(NN)n1. The molecule has 0 aromatic carbocycles. The number of nitrogens with one attached hydrogen (secondary N) is 1. The second-order valence-electron chi connectivity index (χ2n) is 5.13. The summed E-state index contributed by atoms with van der Waals surface area (Å²) in [5.74, 6) is 7.48. The molecule has 1 fully saturated rings. The second kappa shape index (κ2) is 5.49. The molecule has 18 heavy (non-hydrogen) atoms. The average Bonchev–Trinajstić information content (AvgIpc) is 2.73. The van der Waals surface area contributed by atoms with E-state index in [0.717, 1.165) is 24.6 Å². The standard InChI is InChI=1S/C12H22N6/c1-9-6-11(15-12(14-9)16-13)18(3)8-10-4-5-17(2)7-10/h6,10H,4-5,7-8,13H2,1-3H3,(H,14,15,16). The molecule has 6 nitrogen and oxygen atoms in total. The number of rotatable bonds is 4. The minimum atomic E-state index is 0.473. The lowest BCUT2D eigenvalue weighted by atomic mass is 10.1. The molecule has 2 heterocycles. The molecule has 0 saturated carbocycles. The van der Waals surface area contributed by atoms with Gasteiger partial charge in [0.2, 0.25) is 5.95 Å². The van der Waals surface area contributed by atoms with Crippen molar-refractivity contribution in [3.63, 3.8) is 0 Å². The van der Waals surface area contributed by atoms with Gasteiger partial charge in [0.1, 0.15) is 5.82 Å². The Balaban J connectivity index is 2.03. The molecule has 1 unspecified atom stereocenters. The summed E-state index contributed by atoms with van der Waals surface area (Å²) in [5, 5.41) is 0. The molecule has 0 spiro atoms. The van der Waals surface area contributed by atoms with Gasteiger partial charge >= 0.3 is 0 Å². The summed E-state index contributed by atoms with van der Waals surface area (Å²) in [6.07, 6.45) is 1.26. The Morgan fingerprint density at radius 2 is 2.33 bits per heavy atom. The molecule has 1 aromatic heterocycles. The molecule has 0 aliphatic carbocycles. The van der Waals surface area contributed by atoms with Crippen LogP contribution in [-0.2, 0) is 0 Å². The van der Waals surface area contributed by atoms with Gasteiger partial charge in [0.25, 0.3) is 0 Å². The van der Waals surface area contributed by atoms with E-state index in [1.807, 2.05) is 13.0 Å². The maximum Gasteiger partial charge on any atom is 0.239 e. The summed E-state index contributed by atoms with van der Waals surface area (Å²) in [5.41, 5.74) is 3.43. The number of hydrogen-bond acceptors (Lipinski definition) is 6. The number of nitrogens with two attached hydrogens (primary N) is 1. The van der Waals surface area contributed by atoms with Crippen LogP contribution in [0.4, 0.5) is 11.8 Å². The Morgan fingerprint density at radius 3 is 2.94 bits per heavy atom. The van der Waals surface area contributed by atoms with Crippen molar-refractivity contribution in [2.45, 2.75) is 13.3 Å². The van der Waals surface area contributed by atoms with Crippen LogP contribution in [0.1, 0.15) is 12.1 Å². The molecule has 6 heteroatoms. The summed E-state index contributed by atoms with van der Waals surface area (Å²) in [4.78, 5) is 13.1. The van der Waals surface area contributed by atoms with Crippen molar-refractivity contribution in [2.75, 3.05) is 44.1 Å². The minimum absolute atomic E-state index is 0.473. The molecule has 1 atom stereocenters. The first-order valence-electron chi connectivity index (χ1n) is 6.30. The molecule has 1 aliphatic heterocycles. The highest BCUT2D eigenvalue weighted by Gasteiger charge is 2.21. The van der Waals surface area contributed by atoms with Crippen LogP contribution in [0.2, 0.25) is 0 Å². The van der Waals surface area contributed by atoms with E-state index in [-0.39, 0.29) is 0 Å². The first-order chi connectivity index (χ1) is 8.58. The zero-order valence-electron chi connectivity index (χ0n) is 11.3. The molecule has 3 N–H and O–H groups in total. The van der Waals surface area contributed by atoms with E-state index >= 15 is 0 Å². The molecule has 0 amide bonds. The Hall–Kier alpha value is -1.40. The third-order valence-corrected chi connectivity index (χ3v) is 3.38. The third kappa shape index (κ3) is 3.08. The Kier molecular flexibility index (Phi) is 3.98. The summed E-state index contributed by atoms with van der Waals surface area (Å²) in [6.45, 7) is 5.32. The number of aromatic nitrogens is 2. The lowest BCUT2D eigenvalue weighted by molar-refractivity contribution is 0.395. The molecule has 2 rings (SSSR count). The molecular weight excluding hydrogens is 228 g/mol. The highest BCUT2D eigenvalue weighted by Crippen LogP contribution is 2.19. The van der Waals surface area contributed by atoms with E-state index in [2.05, 4.69) is 39.3 Å². The predicted octanol–water partition coefficient (Wildman–Crippen LogP) is 0.459. The van der Waals surface area contributed by atoms with E-state index in [4.69, 9.17) is 5.84 Å². The van der Waals surface area contributed by atoms with Gasteiger partial charge in [-0.15, -0.1) is 0 Å². The lowest BCUT2D eigenvalue weighted by Crippen LogP contribution is -2.28. The van der Waals surface area contributed by atoms with Crippen molar-refractivity contribution in [3.8, 4) is 0 Å². The van der Waals surface area contributed by atoms with Crippen LogP contribution in [-0.4, -0.2) is 48.6 Å². The molecule has 100 valence electrons. The number of aryl methyl sites for hydroxylation is 1. The fourth-order valence-electron chi connectivity index (χ4n) is 2.47. The Labute approximate surface area is 108 Å². The van der Waals surface area contributed by atoms with Crippen LogP contribution in [0.5, 0.6) is 0 Å². The number of hydrogen-bond donors (Lipinski definition) is 2. The second-order valence-corrected chi connectivity index (χ2v) is 5.13. The summed E-state index contributed by atoms with van der Waals surface area (Å²) in [6, 6.07) is 1.99. The summed E-state index contributed by atoms with van der Waals surface area (Å²) < 4.78 is 0. The fraction of sp³-hybridized carbons (Fsp3) is 0.667. The molecule has 0 bridgehead atoms. The number of nitrogens with zero attached hydrogens (tertiary/aromatic N) is 4. The van der Waals surface area contributed by atoms with Crippen LogP contribution in [0.15, 0.2) is 6.07 Å². The van der Waals surface area contributed by atoms with Gasteiger partial charge < -0.3 is 9.80 Å². The van der Waals surface area contributed by atoms with Crippen LogP contribution < -0.4 is 16.2 Å². The van der Waals surface area contributed by atoms with Gasteiger partial charge in [-0.2, -0.15) is 4.98 Å². The molecule has 1 aliphatic rings. The Bertz CT molecular complexity index is 408. The van der Waals surface area contributed by atoms with Crippen molar-refractivity contribution in [2.24, 2.45) is 11.8 Å². The molecule has 0 radical (unpaired) electrons. The van der Waals surface area contributed by atoms with Gasteiger partial charge in [0.15, 0.2) is 0 Å². The van der Waals surface area contributed by atoms with Gasteiger partial charge in [-0.05, 0) is 32.9 Å². The van der Waals surface area contributed by atoms with E-state index in [1.165, 1.54) is 13.0 Å². The summed E-state index contributed by atoms with van der Waals surface area (Å²) in [7, 11) is 4.24. The van der Waals surface area contributed by atoms with E-state index in [0.29, 0.717) is 11.9 Å².